The number of thioether (sulfide) groups is 1. The zero-order chi connectivity index (χ0) is 26.6. The third kappa shape index (κ3) is 6.24. The molecule has 186 valence electrons. The molecule has 0 radical (unpaired) electrons. The number of anilines is 2. The maximum atomic E-state index is 12.8. The lowest BCUT2D eigenvalue weighted by molar-refractivity contribution is -0.113. The monoisotopic (exact) mass is 585 g/mol. The molecular weight excluding hydrogens is 572 g/mol. The summed E-state index contributed by atoms with van der Waals surface area (Å²) in [5.74, 6) is -3.33. The lowest BCUT2D eigenvalue weighted by Gasteiger charge is -2.14. The van der Waals surface area contributed by atoms with E-state index >= 15 is 0 Å². The first-order chi connectivity index (χ1) is 17.0. The Morgan fingerprint density at radius 3 is 1.97 bits per heavy atom. The number of amides is 3. The predicted octanol–water partition coefficient (Wildman–Crippen LogP) is 6.08. The zero-order valence-corrected chi connectivity index (χ0v) is 21.7. The molecule has 5 N–H and O–H groups in total. The van der Waals surface area contributed by atoms with Gasteiger partial charge in [-0.2, -0.15) is 0 Å². The van der Waals surface area contributed by atoms with Gasteiger partial charge < -0.3 is 21.5 Å². The van der Waals surface area contributed by atoms with Gasteiger partial charge in [0.25, 0.3) is 11.8 Å². The van der Waals surface area contributed by atoms with Crippen LogP contribution in [0, 0.1) is 0 Å². The van der Waals surface area contributed by atoms with E-state index in [0.717, 1.165) is 0 Å². The minimum absolute atomic E-state index is 0.0398. The number of carbonyl (C=O) groups is 4. The van der Waals surface area contributed by atoms with E-state index in [4.69, 9.17) is 52.1 Å². The summed E-state index contributed by atoms with van der Waals surface area (Å²) >= 11 is 25.2. The molecule has 3 amide bonds. The molecule has 13 heteroatoms. The molecule has 0 heterocycles. The number of aromatic carboxylic acids is 1. The summed E-state index contributed by atoms with van der Waals surface area (Å²) in [4.78, 5) is 49.0. The van der Waals surface area contributed by atoms with E-state index in [1.807, 2.05) is 0 Å². The number of nitrogens with two attached hydrogens (primary N) is 1. The molecule has 0 aliphatic heterocycles. The molecule has 0 unspecified atom stereocenters. The molecule has 0 spiro atoms. The number of carbonyl (C=O) groups excluding carboxylic acids is 3. The number of hydrogen-bond donors (Lipinski definition) is 4. The molecule has 0 atom stereocenters. The second-order valence-electron chi connectivity index (χ2n) is 7.04. The van der Waals surface area contributed by atoms with Crippen molar-refractivity contribution in [2.45, 2.75) is 4.90 Å². The summed E-state index contributed by atoms with van der Waals surface area (Å²) in [7, 11) is 0. The topological polar surface area (TPSA) is 139 Å². The number of primary amides is 1. The smallest absolute Gasteiger partial charge is 0.338 e. The first-order valence-corrected chi connectivity index (χ1v) is 12.3. The molecule has 0 saturated carbocycles. The Kier molecular flexibility index (Phi) is 9.10. The van der Waals surface area contributed by atoms with E-state index in [1.54, 1.807) is 42.5 Å². The van der Waals surface area contributed by atoms with Gasteiger partial charge in [0.2, 0.25) is 5.91 Å². The van der Waals surface area contributed by atoms with E-state index in [1.165, 1.54) is 17.8 Å². The first-order valence-electron chi connectivity index (χ1n) is 9.83. The average molecular weight is 587 g/mol. The fourth-order valence-corrected chi connectivity index (χ4v) is 4.73. The second kappa shape index (κ2) is 11.9. The van der Waals surface area contributed by atoms with Gasteiger partial charge >= 0.3 is 5.97 Å². The van der Waals surface area contributed by atoms with E-state index in [-0.39, 0.29) is 32.3 Å². The summed E-state index contributed by atoms with van der Waals surface area (Å²) in [6.07, 6.45) is 0. The van der Waals surface area contributed by atoms with E-state index in [9.17, 15) is 24.3 Å². The third-order valence-corrected chi connectivity index (χ3v) is 7.47. The van der Waals surface area contributed by atoms with Gasteiger partial charge in [-0.1, -0.05) is 58.5 Å². The minimum atomic E-state index is -1.51. The number of hydrogen-bond acceptors (Lipinski definition) is 5. The average Bonchev–Trinajstić information content (AvgIpc) is 2.84. The van der Waals surface area contributed by atoms with E-state index in [2.05, 4.69) is 10.6 Å². The molecule has 0 bridgehead atoms. The van der Waals surface area contributed by atoms with Gasteiger partial charge in [-0.15, -0.1) is 11.8 Å². The van der Waals surface area contributed by atoms with Crippen LogP contribution in [0.4, 0.5) is 11.4 Å². The van der Waals surface area contributed by atoms with Gasteiger partial charge in [0.05, 0.1) is 48.2 Å². The van der Waals surface area contributed by atoms with Crippen molar-refractivity contribution < 1.29 is 24.3 Å². The van der Waals surface area contributed by atoms with Crippen LogP contribution >= 0.6 is 58.2 Å². The molecule has 0 aliphatic rings. The van der Waals surface area contributed by atoms with Gasteiger partial charge in [-0.3, -0.25) is 14.4 Å². The van der Waals surface area contributed by atoms with Gasteiger partial charge in [-0.05, 0) is 36.4 Å². The Balaban J connectivity index is 1.68. The second-order valence-corrected chi connectivity index (χ2v) is 9.60. The van der Waals surface area contributed by atoms with Crippen molar-refractivity contribution in [1.29, 1.82) is 0 Å². The van der Waals surface area contributed by atoms with Crippen molar-refractivity contribution in [1.82, 2.24) is 0 Å². The Labute approximate surface area is 229 Å². The normalized spacial score (nSPS) is 10.6. The quantitative estimate of drug-likeness (QED) is 0.143. The Hall–Kier alpha value is -2.95. The van der Waals surface area contributed by atoms with E-state index in [0.29, 0.717) is 16.3 Å². The maximum Gasteiger partial charge on any atom is 0.338 e. The third-order valence-electron chi connectivity index (χ3n) is 4.66. The van der Waals surface area contributed by atoms with Crippen LogP contribution < -0.4 is 16.4 Å². The summed E-state index contributed by atoms with van der Waals surface area (Å²) in [5, 5.41) is 13.4. The van der Waals surface area contributed by atoms with Crippen LogP contribution in [-0.2, 0) is 4.79 Å². The van der Waals surface area contributed by atoms with Crippen LogP contribution in [0.15, 0.2) is 53.4 Å². The lowest BCUT2D eigenvalue weighted by Crippen LogP contribution is -2.19. The number of halogens is 4. The predicted molar refractivity (Wildman–Crippen MR) is 142 cm³/mol. The van der Waals surface area contributed by atoms with Crippen molar-refractivity contribution in [2.75, 3.05) is 16.4 Å². The van der Waals surface area contributed by atoms with Crippen molar-refractivity contribution in [3.63, 3.8) is 0 Å². The van der Waals surface area contributed by atoms with Crippen molar-refractivity contribution >= 4 is 93.2 Å². The highest BCUT2D eigenvalue weighted by molar-refractivity contribution is 8.00. The lowest BCUT2D eigenvalue weighted by atomic mass is 10.1. The Morgan fingerprint density at radius 2 is 1.39 bits per heavy atom. The number of carboxylic acid groups (broad SMARTS) is 1. The van der Waals surface area contributed by atoms with Crippen molar-refractivity contribution in [3.05, 3.63) is 85.3 Å². The van der Waals surface area contributed by atoms with Crippen LogP contribution in [0.3, 0.4) is 0 Å². The number of para-hydroxylation sites is 1. The van der Waals surface area contributed by atoms with E-state index < -0.39 is 33.9 Å². The van der Waals surface area contributed by atoms with Crippen LogP contribution in [0.25, 0.3) is 0 Å². The number of rotatable bonds is 8. The zero-order valence-electron chi connectivity index (χ0n) is 17.9. The van der Waals surface area contributed by atoms with Crippen LogP contribution in [0.1, 0.15) is 31.1 Å². The molecular formula is C23H15Cl4N3O5S. The number of nitrogens with one attached hydrogen (secondary N) is 2. The SMILES string of the molecule is NC(=O)c1ccccc1NC(=O)CSc1ccc(NC(=O)c2c(Cl)c(Cl)c(Cl)c(Cl)c2C(=O)O)cc1. The summed E-state index contributed by atoms with van der Waals surface area (Å²) in [6.45, 7) is 0. The first kappa shape index (κ1) is 27.6. The highest BCUT2D eigenvalue weighted by Gasteiger charge is 2.29. The van der Waals surface area contributed by atoms with Gasteiger partial charge in [0, 0.05) is 10.6 Å². The number of benzene rings is 3. The van der Waals surface area contributed by atoms with Crippen LogP contribution in [-0.4, -0.2) is 34.6 Å². The Bertz CT molecular complexity index is 1380. The van der Waals surface area contributed by atoms with Crippen LogP contribution in [0.5, 0.6) is 0 Å². The molecule has 3 aromatic rings. The van der Waals surface area contributed by atoms with Crippen molar-refractivity contribution in [3.8, 4) is 0 Å². The molecule has 0 aliphatic carbocycles. The molecule has 36 heavy (non-hydrogen) atoms. The van der Waals surface area contributed by atoms with Gasteiger partial charge in [-0.25, -0.2) is 4.79 Å². The standard InChI is InChI=1S/C23H15Cl4N3O5S/c24-17-15(16(23(34)35)18(25)20(27)19(17)26)22(33)29-10-5-7-11(8-6-10)36-9-14(31)30-13-4-2-1-3-12(13)21(28)32/h1-8H,9H2,(H2,28,32)(H,29,33)(H,30,31)(H,34,35). The highest BCUT2D eigenvalue weighted by atomic mass is 35.5. The summed E-state index contributed by atoms with van der Waals surface area (Å²) in [5.41, 5.74) is 5.13. The van der Waals surface area contributed by atoms with Gasteiger partial charge in [0.1, 0.15) is 0 Å². The number of carboxylic acids is 1. The summed E-state index contributed by atoms with van der Waals surface area (Å²) < 4.78 is 0. The van der Waals surface area contributed by atoms with Crippen molar-refractivity contribution in [2.24, 2.45) is 5.73 Å². The molecule has 0 fully saturated rings. The maximum absolute atomic E-state index is 12.8. The Morgan fingerprint density at radius 1 is 0.806 bits per heavy atom. The largest absolute Gasteiger partial charge is 0.478 e. The summed E-state index contributed by atoms with van der Waals surface area (Å²) in [6, 6.07) is 12.8. The molecule has 3 aromatic carbocycles. The minimum Gasteiger partial charge on any atom is -0.478 e. The fraction of sp³-hybridized carbons (Fsp3) is 0.0435. The molecule has 0 aromatic heterocycles. The van der Waals surface area contributed by atoms with Gasteiger partial charge in [0.15, 0.2) is 0 Å². The molecule has 0 saturated heterocycles. The highest BCUT2D eigenvalue weighted by Crippen LogP contribution is 2.41. The molecule has 8 nitrogen and oxygen atoms in total. The molecule has 3 rings (SSSR count). The van der Waals surface area contributed by atoms with Crippen LogP contribution in [0.2, 0.25) is 20.1 Å². The fourth-order valence-electron chi connectivity index (χ4n) is 3.02.